The molecular weight excluding hydrogens is 236 g/mol. The molecule has 0 heterocycles. The molecule has 0 spiro atoms. The van der Waals surface area contributed by atoms with Gasteiger partial charge in [-0.05, 0) is 25.1 Å². The molecule has 0 saturated heterocycles. The third kappa shape index (κ3) is 3.11. The van der Waals surface area contributed by atoms with Crippen molar-refractivity contribution in [1.82, 2.24) is 0 Å². The second-order valence-corrected chi connectivity index (χ2v) is 5.25. The van der Waals surface area contributed by atoms with E-state index in [4.69, 9.17) is 16.9 Å². The van der Waals surface area contributed by atoms with Crippen molar-refractivity contribution >= 4 is 27.3 Å². The molecule has 6 heteroatoms. The minimum absolute atomic E-state index is 0.0412. The lowest BCUT2D eigenvalue weighted by Gasteiger charge is -2.07. The van der Waals surface area contributed by atoms with Crippen LogP contribution in [0.4, 0.5) is 5.69 Å². The van der Waals surface area contributed by atoms with Crippen molar-refractivity contribution in [1.29, 1.82) is 5.26 Å². The second-order valence-electron chi connectivity index (χ2n) is 2.81. The standard InChI is InChI=1S/C9H9ClN2O2S/c1-2-15(13,14)12-9-4-3-8(10)5-7(9)6-11/h3-5,12H,2H2,1H3. The Balaban J connectivity index is 3.12. The van der Waals surface area contributed by atoms with Crippen LogP contribution in [0.1, 0.15) is 12.5 Å². The first-order valence-electron chi connectivity index (χ1n) is 4.18. The molecule has 15 heavy (non-hydrogen) atoms. The average molecular weight is 245 g/mol. The summed E-state index contributed by atoms with van der Waals surface area (Å²) in [5.74, 6) is -0.0412. The Hall–Kier alpha value is -1.25. The summed E-state index contributed by atoms with van der Waals surface area (Å²) in [6.07, 6.45) is 0. The van der Waals surface area contributed by atoms with Gasteiger partial charge in [0, 0.05) is 5.02 Å². The normalized spacial score (nSPS) is 10.7. The lowest BCUT2D eigenvalue weighted by Crippen LogP contribution is -2.15. The van der Waals surface area contributed by atoms with Gasteiger partial charge in [-0.1, -0.05) is 11.6 Å². The Morgan fingerprint density at radius 2 is 2.20 bits per heavy atom. The van der Waals surface area contributed by atoms with Gasteiger partial charge >= 0.3 is 0 Å². The molecule has 0 aromatic heterocycles. The van der Waals surface area contributed by atoms with Crippen molar-refractivity contribution in [2.75, 3.05) is 10.5 Å². The Morgan fingerprint density at radius 3 is 2.73 bits per heavy atom. The number of nitriles is 1. The van der Waals surface area contributed by atoms with Crippen molar-refractivity contribution in [3.8, 4) is 6.07 Å². The number of rotatable bonds is 3. The van der Waals surface area contributed by atoms with E-state index < -0.39 is 10.0 Å². The lowest BCUT2D eigenvalue weighted by molar-refractivity contribution is 0.602. The molecule has 0 aliphatic rings. The summed E-state index contributed by atoms with van der Waals surface area (Å²) in [4.78, 5) is 0. The van der Waals surface area contributed by atoms with Crippen LogP contribution >= 0.6 is 11.6 Å². The zero-order valence-electron chi connectivity index (χ0n) is 7.99. The van der Waals surface area contributed by atoms with Gasteiger partial charge in [0.1, 0.15) is 6.07 Å². The van der Waals surface area contributed by atoms with Gasteiger partial charge in [0.05, 0.1) is 17.0 Å². The number of benzene rings is 1. The number of nitrogens with zero attached hydrogens (tertiary/aromatic N) is 1. The van der Waals surface area contributed by atoms with E-state index in [1.54, 1.807) is 0 Å². The lowest BCUT2D eigenvalue weighted by atomic mass is 10.2. The molecule has 0 bridgehead atoms. The molecule has 4 nitrogen and oxygen atoms in total. The van der Waals surface area contributed by atoms with Crippen LogP contribution in [0, 0.1) is 11.3 Å². The number of anilines is 1. The summed E-state index contributed by atoms with van der Waals surface area (Å²) in [7, 11) is -3.36. The van der Waals surface area contributed by atoms with Crippen molar-refractivity contribution in [3.63, 3.8) is 0 Å². The van der Waals surface area contributed by atoms with Crippen molar-refractivity contribution in [2.45, 2.75) is 6.92 Å². The fourth-order valence-corrected chi connectivity index (χ4v) is 1.77. The highest BCUT2D eigenvalue weighted by molar-refractivity contribution is 7.92. The molecule has 0 unspecified atom stereocenters. The number of halogens is 1. The summed E-state index contributed by atoms with van der Waals surface area (Å²) in [6.45, 7) is 1.52. The molecule has 0 fully saturated rings. The molecular formula is C9H9ClN2O2S. The summed E-state index contributed by atoms with van der Waals surface area (Å²) in [5.41, 5.74) is 0.461. The highest BCUT2D eigenvalue weighted by Crippen LogP contribution is 2.20. The SMILES string of the molecule is CCS(=O)(=O)Nc1ccc(Cl)cc1C#N. The van der Waals surface area contributed by atoms with Crippen LogP contribution in [0.5, 0.6) is 0 Å². The van der Waals surface area contributed by atoms with Crippen molar-refractivity contribution in [2.24, 2.45) is 0 Å². The molecule has 80 valence electrons. The molecule has 1 aromatic carbocycles. The van der Waals surface area contributed by atoms with E-state index in [1.165, 1.54) is 25.1 Å². The maximum absolute atomic E-state index is 11.3. The molecule has 0 amide bonds. The van der Waals surface area contributed by atoms with Gasteiger partial charge in [0.2, 0.25) is 10.0 Å². The smallest absolute Gasteiger partial charge is 0.232 e. The van der Waals surface area contributed by atoms with Crippen LogP contribution in [0.2, 0.25) is 5.02 Å². The van der Waals surface area contributed by atoms with Crippen LogP contribution in [0.15, 0.2) is 18.2 Å². The summed E-state index contributed by atoms with van der Waals surface area (Å²) >= 11 is 5.67. The highest BCUT2D eigenvalue weighted by atomic mass is 35.5. The van der Waals surface area contributed by atoms with Crippen molar-refractivity contribution in [3.05, 3.63) is 28.8 Å². The third-order valence-corrected chi connectivity index (χ3v) is 3.27. The fourth-order valence-electron chi connectivity index (χ4n) is 0.938. The summed E-state index contributed by atoms with van der Waals surface area (Å²) in [5, 5.41) is 9.16. The number of hydrogen-bond acceptors (Lipinski definition) is 3. The van der Waals surface area contributed by atoms with Gasteiger partial charge in [0.15, 0.2) is 0 Å². The van der Waals surface area contributed by atoms with Crippen molar-refractivity contribution < 1.29 is 8.42 Å². The zero-order valence-corrected chi connectivity index (χ0v) is 9.56. The molecule has 1 N–H and O–H groups in total. The van der Waals surface area contributed by atoms with Crippen LogP contribution in [0.3, 0.4) is 0 Å². The first-order chi connectivity index (χ1) is 6.98. The van der Waals surface area contributed by atoms with E-state index in [2.05, 4.69) is 4.72 Å². The molecule has 1 rings (SSSR count). The number of nitrogens with one attached hydrogen (secondary N) is 1. The van der Waals surface area contributed by atoms with E-state index in [0.717, 1.165) is 0 Å². The van der Waals surface area contributed by atoms with Gasteiger partial charge in [0.25, 0.3) is 0 Å². The molecule has 0 atom stereocenters. The van der Waals surface area contributed by atoms with E-state index in [1.807, 2.05) is 6.07 Å². The Labute approximate surface area is 93.5 Å². The molecule has 0 aliphatic carbocycles. The highest BCUT2D eigenvalue weighted by Gasteiger charge is 2.10. The predicted molar refractivity (Wildman–Crippen MR) is 59.3 cm³/mol. The van der Waals surface area contributed by atoms with Gasteiger partial charge in [-0.2, -0.15) is 5.26 Å². The molecule has 1 aromatic rings. The fraction of sp³-hybridized carbons (Fsp3) is 0.222. The molecule has 0 radical (unpaired) electrons. The topological polar surface area (TPSA) is 70.0 Å². The minimum atomic E-state index is -3.36. The van der Waals surface area contributed by atoms with Gasteiger partial charge < -0.3 is 0 Å². The van der Waals surface area contributed by atoms with Crippen LogP contribution in [-0.4, -0.2) is 14.2 Å². The summed E-state index contributed by atoms with van der Waals surface area (Å²) in [6, 6.07) is 6.27. The number of sulfonamides is 1. The van der Waals surface area contributed by atoms with Crippen LogP contribution in [0.25, 0.3) is 0 Å². The number of hydrogen-bond donors (Lipinski definition) is 1. The third-order valence-electron chi connectivity index (χ3n) is 1.75. The maximum atomic E-state index is 11.3. The largest absolute Gasteiger partial charge is 0.282 e. The van der Waals surface area contributed by atoms with E-state index >= 15 is 0 Å². The Morgan fingerprint density at radius 1 is 1.53 bits per heavy atom. The van der Waals surface area contributed by atoms with Gasteiger partial charge in [-0.3, -0.25) is 4.72 Å². The van der Waals surface area contributed by atoms with Gasteiger partial charge in [-0.25, -0.2) is 8.42 Å². The Bertz CT molecular complexity index is 505. The monoisotopic (exact) mass is 244 g/mol. The predicted octanol–water partition coefficient (Wildman–Crippen LogP) is 1.97. The molecule has 0 saturated carbocycles. The van der Waals surface area contributed by atoms with E-state index in [-0.39, 0.29) is 17.0 Å². The van der Waals surface area contributed by atoms with E-state index in [0.29, 0.717) is 5.02 Å². The van der Waals surface area contributed by atoms with Crippen LogP contribution in [-0.2, 0) is 10.0 Å². The first kappa shape index (κ1) is 11.8. The average Bonchev–Trinajstić information content (AvgIpc) is 2.20. The Kier molecular flexibility index (Phi) is 3.56. The zero-order chi connectivity index (χ0) is 11.5. The second kappa shape index (κ2) is 4.51. The quantitative estimate of drug-likeness (QED) is 0.884. The first-order valence-corrected chi connectivity index (χ1v) is 6.21. The maximum Gasteiger partial charge on any atom is 0.232 e. The van der Waals surface area contributed by atoms with Gasteiger partial charge in [-0.15, -0.1) is 0 Å². The minimum Gasteiger partial charge on any atom is -0.282 e. The van der Waals surface area contributed by atoms with E-state index in [9.17, 15) is 8.42 Å². The van der Waals surface area contributed by atoms with Crippen LogP contribution < -0.4 is 4.72 Å². The summed E-state index contributed by atoms with van der Waals surface area (Å²) < 4.78 is 24.8. The molecule has 0 aliphatic heterocycles.